The molecule has 0 amide bonds. The minimum Gasteiger partial charge on any atom is -0.477 e. The first-order valence-corrected chi connectivity index (χ1v) is 15.0. The standard InChI is InChI=1S/C30H41F7N2O3/c1-15(39(5)6)21-16(40)11-24(3)18-8-7-17-23(2)14-42-22(28(31,29(32,33)34)30(35,36)37)38-19(23)9-10-26(17)13-27(18,26)20(41)12-25(21,24)4/h15-19,21,40H,7-14H2,1-6H3/t15-,16+,17-,18-,19-,21-,23-,24-,25+,26+,27+/m0/s1. The van der Waals surface area contributed by atoms with Crippen LogP contribution in [0.5, 0.6) is 0 Å². The smallest absolute Gasteiger partial charge is 0.440 e. The van der Waals surface area contributed by atoms with Crippen molar-refractivity contribution in [1.82, 2.24) is 4.90 Å². The number of hydrogen-bond acceptors (Lipinski definition) is 5. The molecule has 11 atom stereocenters. The summed E-state index contributed by atoms with van der Waals surface area (Å²) in [7, 11) is 3.94. The minimum atomic E-state index is -6.28. The second-order valence-corrected chi connectivity index (χ2v) is 15.4. The van der Waals surface area contributed by atoms with Crippen molar-refractivity contribution in [2.75, 3.05) is 20.7 Å². The molecule has 0 aromatic carbocycles. The number of nitrogens with zero attached hydrogens (tertiary/aromatic N) is 2. The van der Waals surface area contributed by atoms with Crippen LogP contribution in [0.3, 0.4) is 0 Å². The number of rotatable bonds is 3. The summed E-state index contributed by atoms with van der Waals surface area (Å²) >= 11 is 0. The van der Waals surface area contributed by atoms with Gasteiger partial charge in [0, 0.05) is 29.2 Å². The number of Topliss-reactive ketones (excluding diaryl/α,β-unsaturated/α-hetero) is 1. The fourth-order valence-electron chi connectivity index (χ4n) is 11.6. The van der Waals surface area contributed by atoms with Crippen LogP contribution >= 0.6 is 0 Å². The molecule has 6 rings (SSSR count). The maximum atomic E-state index is 14.9. The first-order chi connectivity index (χ1) is 19.1. The Hall–Kier alpha value is -1.43. The van der Waals surface area contributed by atoms with Gasteiger partial charge in [-0.05, 0) is 87.6 Å². The Morgan fingerprint density at radius 3 is 2.14 bits per heavy atom. The van der Waals surface area contributed by atoms with Crippen molar-refractivity contribution < 1.29 is 45.4 Å². The molecule has 0 radical (unpaired) electrons. The number of hydrogen-bond donors (Lipinski definition) is 1. The number of carbonyl (C=O) groups excluding carboxylic acids is 1. The fourth-order valence-corrected chi connectivity index (χ4v) is 11.6. The van der Waals surface area contributed by atoms with E-state index < -0.39 is 64.3 Å². The molecular formula is C30H41F7N2O3. The highest BCUT2D eigenvalue weighted by Gasteiger charge is 2.87. The van der Waals surface area contributed by atoms with Crippen LogP contribution in [0, 0.1) is 44.8 Å². The van der Waals surface area contributed by atoms with Gasteiger partial charge in [-0.1, -0.05) is 20.8 Å². The molecule has 5 nitrogen and oxygen atoms in total. The number of aliphatic hydroxyl groups excluding tert-OH is 1. The van der Waals surface area contributed by atoms with Crippen molar-refractivity contribution in [3.05, 3.63) is 0 Å². The van der Waals surface area contributed by atoms with Gasteiger partial charge in [0.1, 0.15) is 5.78 Å². The third kappa shape index (κ3) is 3.24. The lowest BCUT2D eigenvalue weighted by Gasteiger charge is -2.63. The number of ketones is 1. The van der Waals surface area contributed by atoms with E-state index in [-0.39, 0.29) is 41.4 Å². The van der Waals surface area contributed by atoms with Crippen molar-refractivity contribution >= 4 is 11.7 Å². The molecule has 0 unspecified atom stereocenters. The second-order valence-electron chi connectivity index (χ2n) is 15.4. The number of ether oxygens (including phenoxy) is 1. The summed E-state index contributed by atoms with van der Waals surface area (Å²) in [5.74, 6) is -2.09. The van der Waals surface area contributed by atoms with Crippen LogP contribution in [0.4, 0.5) is 30.7 Å². The molecule has 1 aliphatic heterocycles. The highest BCUT2D eigenvalue weighted by Crippen LogP contribution is 2.88. The third-order valence-electron chi connectivity index (χ3n) is 13.9. The molecule has 0 saturated heterocycles. The fraction of sp³-hybridized carbons (Fsp3) is 0.933. The molecule has 1 N–H and O–H groups in total. The van der Waals surface area contributed by atoms with Gasteiger partial charge in [0.2, 0.25) is 5.90 Å². The Labute approximate surface area is 241 Å². The summed E-state index contributed by atoms with van der Waals surface area (Å²) in [4.78, 5) is 20.2. The second kappa shape index (κ2) is 8.43. The molecule has 6 aliphatic rings. The highest BCUT2D eigenvalue weighted by atomic mass is 19.4. The lowest BCUT2D eigenvalue weighted by Crippen LogP contribution is -2.65. The normalized spacial score (nSPS) is 49.2. The van der Waals surface area contributed by atoms with Gasteiger partial charge in [-0.3, -0.25) is 4.79 Å². The molecule has 5 fully saturated rings. The Bertz CT molecular complexity index is 1210. The molecule has 5 aliphatic carbocycles. The van der Waals surface area contributed by atoms with E-state index in [1.165, 1.54) is 0 Å². The third-order valence-corrected chi connectivity index (χ3v) is 13.9. The quantitative estimate of drug-likeness (QED) is 0.391. The van der Waals surface area contributed by atoms with Crippen LogP contribution in [-0.4, -0.2) is 78.6 Å². The van der Waals surface area contributed by atoms with E-state index in [4.69, 9.17) is 4.74 Å². The van der Waals surface area contributed by atoms with Crippen LogP contribution in [0.2, 0.25) is 0 Å². The van der Waals surface area contributed by atoms with Crippen LogP contribution in [0.1, 0.15) is 72.6 Å². The largest absolute Gasteiger partial charge is 0.477 e. The predicted octanol–water partition coefficient (Wildman–Crippen LogP) is 6.14. The molecule has 5 saturated carbocycles. The Balaban J connectivity index is 1.35. The summed E-state index contributed by atoms with van der Waals surface area (Å²) < 4.78 is 101. The zero-order valence-corrected chi connectivity index (χ0v) is 24.9. The topological polar surface area (TPSA) is 62.1 Å². The molecule has 12 heteroatoms. The SMILES string of the molecule is C[C@@H]([C@H]1[C@H](O)C[C@@]2(C)[C@@H]3CC[C@H]4[C@]5(C)COC(C(F)(C(F)(F)F)C(F)(F)F)=N[C@H]5CC[C@@]45C[C@]35C(=O)C[C@]12C)N(C)C. The number of fused-ring (bicyclic) bond motifs is 4. The monoisotopic (exact) mass is 610 g/mol. The van der Waals surface area contributed by atoms with E-state index in [2.05, 4.69) is 30.7 Å². The first-order valence-electron chi connectivity index (χ1n) is 15.0. The van der Waals surface area contributed by atoms with Crippen molar-refractivity contribution in [3.8, 4) is 0 Å². The molecular weight excluding hydrogens is 569 g/mol. The molecule has 1 heterocycles. The lowest BCUT2D eigenvalue weighted by atomic mass is 9.41. The van der Waals surface area contributed by atoms with E-state index in [9.17, 15) is 40.6 Å². The molecule has 0 aromatic rings. The Morgan fingerprint density at radius 1 is 0.976 bits per heavy atom. The predicted molar refractivity (Wildman–Crippen MR) is 139 cm³/mol. The summed E-state index contributed by atoms with van der Waals surface area (Å²) in [5.41, 5.74) is -8.45. The van der Waals surface area contributed by atoms with E-state index in [0.717, 1.165) is 0 Å². The zero-order valence-electron chi connectivity index (χ0n) is 24.9. The summed E-state index contributed by atoms with van der Waals surface area (Å²) in [6, 6.07) is -0.931. The van der Waals surface area contributed by atoms with Gasteiger partial charge in [0.25, 0.3) is 0 Å². The van der Waals surface area contributed by atoms with Crippen molar-refractivity contribution in [2.45, 2.75) is 109 Å². The number of halogens is 7. The lowest BCUT2D eigenvalue weighted by molar-refractivity contribution is -0.319. The van der Waals surface area contributed by atoms with Crippen LogP contribution in [-0.2, 0) is 9.53 Å². The number of alkyl halides is 7. The zero-order chi connectivity index (χ0) is 31.3. The number of carbonyl (C=O) groups is 1. The summed E-state index contributed by atoms with van der Waals surface area (Å²) in [6.07, 6.45) is -9.72. The first kappa shape index (κ1) is 30.6. The average Bonchev–Trinajstić information content (AvgIpc) is 3.49. The molecule has 2 spiro atoms. The van der Waals surface area contributed by atoms with Crippen molar-refractivity contribution in [3.63, 3.8) is 0 Å². The van der Waals surface area contributed by atoms with E-state index >= 15 is 0 Å². The Morgan fingerprint density at radius 2 is 1.57 bits per heavy atom. The van der Waals surface area contributed by atoms with E-state index in [1.54, 1.807) is 6.92 Å². The van der Waals surface area contributed by atoms with Crippen LogP contribution in [0.15, 0.2) is 4.99 Å². The number of aliphatic hydroxyl groups is 1. The Kier molecular flexibility index (Phi) is 6.14. The molecule has 238 valence electrons. The van der Waals surface area contributed by atoms with Crippen LogP contribution in [0.25, 0.3) is 0 Å². The minimum absolute atomic E-state index is 0.0131. The van der Waals surface area contributed by atoms with Gasteiger partial charge in [0.15, 0.2) is 0 Å². The molecule has 0 aromatic heterocycles. The average molecular weight is 611 g/mol. The number of aliphatic imine (C=N–C) groups is 1. The highest BCUT2D eigenvalue weighted by molar-refractivity contribution is 5.92. The van der Waals surface area contributed by atoms with Gasteiger partial charge in [-0.25, -0.2) is 9.38 Å². The summed E-state index contributed by atoms with van der Waals surface area (Å²) in [5, 5.41) is 11.4. The van der Waals surface area contributed by atoms with Gasteiger partial charge in [-0.2, -0.15) is 26.3 Å². The summed E-state index contributed by atoms with van der Waals surface area (Å²) in [6.45, 7) is 7.69. The molecule has 0 bridgehead atoms. The van der Waals surface area contributed by atoms with Crippen molar-refractivity contribution in [1.29, 1.82) is 0 Å². The van der Waals surface area contributed by atoms with Crippen LogP contribution < -0.4 is 0 Å². The van der Waals surface area contributed by atoms with Gasteiger partial charge < -0.3 is 14.7 Å². The molecule has 42 heavy (non-hydrogen) atoms. The van der Waals surface area contributed by atoms with Gasteiger partial charge >= 0.3 is 18.0 Å². The van der Waals surface area contributed by atoms with Crippen molar-refractivity contribution in [2.24, 2.45) is 49.8 Å². The maximum absolute atomic E-state index is 14.9. The van der Waals surface area contributed by atoms with Gasteiger partial charge in [-0.15, -0.1) is 0 Å². The van der Waals surface area contributed by atoms with E-state index in [0.29, 0.717) is 38.5 Å². The van der Waals surface area contributed by atoms with Gasteiger partial charge in [0.05, 0.1) is 18.8 Å². The van der Waals surface area contributed by atoms with E-state index in [1.807, 2.05) is 14.1 Å². The maximum Gasteiger partial charge on any atom is 0.440 e.